The van der Waals surface area contributed by atoms with E-state index in [1.807, 2.05) is 6.07 Å². The SMILES string of the molecule is CC(C)COCCNCc1ccon1. The quantitative estimate of drug-likeness (QED) is 0.673. The van der Waals surface area contributed by atoms with Crippen molar-refractivity contribution in [1.82, 2.24) is 10.5 Å². The molecule has 1 N–H and O–H groups in total. The number of nitrogens with one attached hydrogen (secondary N) is 1. The fraction of sp³-hybridized carbons (Fsp3) is 0.700. The minimum absolute atomic E-state index is 0.602. The number of nitrogens with zero attached hydrogens (tertiary/aromatic N) is 1. The molecule has 0 bridgehead atoms. The summed E-state index contributed by atoms with van der Waals surface area (Å²) in [6.07, 6.45) is 1.58. The fourth-order valence-corrected chi connectivity index (χ4v) is 1.01. The van der Waals surface area contributed by atoms with Crippen LogP contribution in [0.5, 0.6) is 0 Å². The van der Waals surface area contributed by atoms with Crippen molar-refractivity contribution in [3.05, 3.63) is 18.0 Å². The number of ether oxygens (including phenoxy) is 1. The smallest absolute Gasteiger partial charge is 0.124 e. The average Bonchev–Trinajstić information content (AvgIpc) is 2.63. The first-order valence-electron chi connectivity index (χ1n) is 4.96. The van der Waals surface area contributed by atoms with Crippen molar-refractivity contribution >= 4 is 0 Å². The van der Waals surface area contributed by atoms with Gasteiger partial charge in [-0.25, -0.2) is 0 Å². The number of hydrogen-bond donors (Lipinski definition) is 1. The van der Waals surface area contributed by atoms with Crippen LogP contribution >= 0.6 is 0 Å². The van der Waals surface area contributed by atoms with Gasteiger partial charge < -0.3 is 14.6 Å². The largest absolute Gasteiger partial charge is 0.380 e. The number of rotatable bonds is 7. The van der Waals surface area contributed by atoms with Crippen LogP contribution in [0, 0.1) is 5.92 Å². The number of hydrogen-bond acceptors (Lipinski definition) is 4. The summed E-state index contributed by atoms with van der Waals surface area (Å²) >= 11 is 0. The Morgan fingerprint density at radius 3 is 3.07 bits per heavy atom. The highest BCUT2D eigenvalue weighted by Crippen LogP contribution is 1.93. The van der Waals surface area contributed by atoms with Gasteiger partial charge in [-0.05, 0) is 5.92 Å². The third-order valence-corrected chi connectivity index (χ3v) is 1.67. The van der Waals surface area contributed by atoms with Gasteiger partial charge in [0, 0.05) is 25.8 Å². The highest BCUT2D eigenvalue weighted by atomic mass is 16.5. The van der Waals surface area contributed by atoms with Gasteiger partial charge in [0.2, 0.25) is 0 Å². The third kappa shape index (κ3) is 4.99. The molecule has 0 aromatic carbocycles. The summed E-state index contributed by atoms with van der Waals surface area (Å²) in [4.78, 5) is 0. The normalized spacial score (nSPS) is 11.1. The van der Waals surface area contributed by atoms with Crippen LogP contribution in [0.1, 0.15) is 19.5 Å². The fourth-order valence-electron chi connectivity index (χ4n) is 1.01. The van der Waals surface area contributed by atoms with Crippen molar-refractivity contribution < 1.29 is 9.26 Å². The molecule has 0 aliphatic heterocycles. The maximum atomic E-state index is 5.41. The second-order valence-electron chi connectivity index (χ2n) is 3.64. The molecule has 1 heterocycles. The summed E-state index contributed by atoms with van der Waals surface area (Å²) < 4.78 is 10.1. The monoisotopic (exact) mass is 198 g/mol. The Morgan fingerprint density at radius 2 is 2.43 bits per heavy atom. The van der Waals surface area contributed by atoms with Crippen molar-refractivity contribution in [3.63, 3.8) is 0 Å². The van der Waals surface area contributed by atoms with E-state index in [0.717, 1.165) is 32.0 Å². The molecule has 4 nitrogen and oxygen atoms in total. The highest BCUT2D eigenvalue weighted by Gasteiger charge is 1.96. The molecule has 1 aromatic heterocycles. The van der Waals surface area contributed by atoms with Gasteiger partial charge in [-0.3, -0.25) is 0 Å². The molecule has 14 heavy (non-hydrogen) atoms. The first-order chi connectivity index (χ1) is 6.79. The molecular formula is C10H18N2O2. The second kappa shape index (κ2) is 6.56. The van der Waals surface area contributed by atoms with E-state index < -0.39 is 0 Å². The van der Waals surface area contributed by atoms with Crippen LogP contribution in [0.2, 0.25) is 0 Å². The molecule has 80 valence electrons. The van der Waals surface area contributed by atoms with E-state index >= 15 is 0 Å². The van der Waals surface area contributed by atoms with E-state index in [1.165, 1.54) is 0 Å². The van der Waals surface area contributed by atoms with Gasteiger partial charge >= 0.3 is 0 Å². The summed E-state index contributed by atoms with van der Waals surface area (Å²) in [6.45, 7) is 7.44. The first kappa shape index (κ1) is 11.2. The summed E-state index contributed by atoms with van der Waals surface area (Å²) in [5.41, 5.74) is 0.925. The Hall–Kier alpha value is -0.870. The van der Waals surface area contributed by atoms with E-state index in [4.69, 9.17) is 9.26 Å². The van der Waals surface area contributed by atoms with Crippen LogP contribution in [-0.2, 0) is 11.3 Å². The molecule has 1 aromatic rings. The molecule has 0 aliphatic carbocycles. The van der Waals surface area contributed by atoms with Gasteiger partial charge in [0.1, 0.15) is 6.26 Å². The molecule has 0 atom stereocenters. The van der Waals surface area contributed by atoms with E-state index in [9.17, 15) is 0 Å². The van der Waals surface area contributed by atoms with Gasteiger partial charge in [-0.15, -0.1) is 0 Å². The summed E-state index contributed by atoms with van der Waals surface area (Å²) in [7, 11) is 0. The van der Waals surface area contributed by atoms with E-state index in [0.29, 0.717) is 5.92 Å². The molecule has 0 saturated heterocycles. The van der Waals surface area contributed by atoms with Crippen molar-refractivity contribution in [2.45, 2.75) is 20.4 Å². The molecule has 0 spiro atoms. The predicted molar refractivity (Wildman–Crippen MR) is 53.9 cm³/mol. The van der Waals surface area contributed by atoms with Gasteiger partial charge in [0.25, 0.3) is 0 Å². The molecule has 0 amide bonds. The predicted octanol–water partition coefficient (Wildman–Crippen LogP) is 1.44. The summed E-state index contributed by atoms with van der Waals surface area (Å²) in [6, 6.07) is 1.85. The second-order valence-corrected chi connectivity index (χ2v) is 3.64. The van der Waals surface area contributed by atoms with E-state index in [-0.39, 0.29) is 0 Å². The Labute approximate surface area is 84.6 Å². The molecule has 0 fully saturated rings. The van der Waals surface area contributed by atoms with Crippen LogP contribution in [0.15, 0.2) is 16.9 Å². The highest BCUT2D eigenvalue weighted by molar-refractivity contribution is 4.93. The zero-order valence-corrected chi connectivity index (χ0v) is 8.82. The van der Waals surface area contributed by atoms with Crippen LogP contribution in [0.4, 0.5) is 0 Å². The van der Waals surface area contributed by atoms with Gasteiger partial charge in [0.05, 0.1) is 12.3 Å². The third-order valence-electron chi connectivity index (χ3n) is 1.67. The minimum Gasteiger partial charge on any atom is -0.380 e. The van der Waals surface area contributed by atoms with Crippen LogP contribution in [-0.4, -0.2) is 24.9 Å². The molecule has 0 aliphatic rings. The molecular weight excluding hydrogens is 180 g/mol. The van der Waals surface area contributed by atoms with Crippen molar-refractivity contribution in [2.75, 3.05) is 19.8 Å². The minimum atomic E-state index is 0.602. The maximum Gasteiger partial charge on any atom is 0.124 e. The lowest BCUT2D eigenvalue weighted by Crippen LogP contribution is -2.20. The van der Waals surface area contributed by atoms with Gasteiger partial charge in [-0.2, -0.15) is 0 Å². The van der Waals surface area contributed by atoms with Gasteiger partial charge in [-0.1, -0.05) is 19.0 Å². The molecule has 4 heteroatoms. The lowest BCUT2D eigenvalue weighted by Gasteiger charge is -2.06. The molecule has 0 radical (unpaired) electrons. The lowest BCUT2D eigenvalue weighted by atomic mass is 10.2. The Bertz CT molecular complexity index is 222. The molecule has 0 unspecified atom stereocenters. The molecule has 1 rings (SSSR count). The summed E-state index contributed by atoms with van der Waals surface area (Å²) in [5.74, 6) is 0.602. The Balaban J connectivity index is 1.90. The summed E-state index contributed by atoms with van der Waals surface area (Å²) in [5, 5.41) is 7.00. The molecule has 0 saturated carbocycles. The van der Waals surface area contributed by atoms with Crippen LogP contribution in [0.25, 0.3) is 0 Å². The van der Waals surface area contributed by atoms with E-state index in [1.54, 1.807) is 6.26 Å². The maximum absolute atomic E-state index is 5.41. The Morgan fingerprint density at radius 1 is 1.57 bits per heavy atom. The zero-order valence-electron chi connectivity index (χ0n) is 8.82. The number of aromatic nitrogens is 1. The van der Waals surface area contributed by atoms with Crippen LogP contribution < -0.4 is 5.32 Å². The average molecular weight is 198 g/mol. The van der Waals surface area contributed by atoms with Gasteiger partial charge in [0.15, 0.2) is 0 Å². The lowest BCUT2D eigenvalue weighted by molar-refractivity contribution is 0.111. The zero-order chi connectivity index (χ0) is 10.2. The van der Waals surface area contributed by atoms with E-state index in [2.05, 4.69) is 24.3 Å². The van der Waals surface area contributed by atoms with Crippen molar-refractivity contribution in [3.8, 4) is 0 Å². The van der Waals surface area contributed by atoms with Crippen molar-refractivity contribution in [1.29, 1.82) is 0 Å². The standard InChI is InChI=1S/C10H18N2O2/c1-9(2)8-13-6-4-11-7-10-3-5-14-12-10/h3,5,9,11H,4,6-8H2,1-2H3. The first-order valence-corrected chi connectivity index (χ1v) is 4.96. The Kier molecular flexibility index (Phi) is 5.25. The van der Waals surface area contributed by atoms with Crippen molar-refractivity contribution in [2.24, 2.45) is 5.92 Å². The van der Waals surface area contributed by atoms with Crippen LogP contribution in [0.3, 0.4) is 0 Å². The topological polar surface area (TPSA) is 47.3 Å².